The standard InChI is InChI=1S/C11H12N4O2/c16-11(17)8-4-1-3-7(8)10-14-13-9-5-2-6-12-15(9)10/h2,5-8H,1,3-4H2,(H,16,17). The summed E-state index contributed by atoms with van der Waals surface area (Å²) in [5.74, 6) is -0.507. The number of hydrogen-bond donors (Lipinski definition) is 1. The summed E-state index contributed by atoms with van der Waals surface area (Å²) in [6, 6.07) is 3.60. The molecule has 0 aliphatic heterocycles. The van der Waals surface area contributed by atoms with Crippen molar-refractivity contribution in [2.45, 2.75) is 25.2 Å². The number of aromatic nitrogens is 4. The molecule has 2 atom stereocenters. The Morgan fingerprint density at radius 2 is 2.29 bits per heavy atom. The lowest BCUT2D eigenvalue weighted by molar-refractivity contribution is -0.142. The van der Waals surface area contributed by atoms with E-state index in [2.05, 4.69) is 15.3 Å². The first-order valence-electron chi connectivity index (χ1n) is 5.66. The van der Waals surface area contributed by atoms with Gasteiger partial charge in [0, 0.05) is 12.1 Å². The summed E-state index contributed by atoms with van der Waals surface area (Å²) in [5, 5.41) is 21.5. The van der Waals surface area contributed by atoms with Gasteiger partial charge in [-0.05, 0) is 25.0 Å². The van der Waals surface area contributed by atoms with Crippen LogP contribution in [-0.2, 0) is 4.79 Å². The Morgan fingerprint density at radius 1 is 1.41 bits per heavy atom. The summed E-state index contributed by atoms with van der Waals surface area (Å²) in [4.78, 5) is 11.2. The highest BCUT2D eigenvalue weighted by Gasteiger charge is 2.37. The van der Waals surface area contributed by atoms with E-state index >= 15 is 0 Å². The molecule has 17 heavy (non-hydrogen) atoms. The molecule has 1 N–H and O–H groups in total. The van der Waals surface area contributed by atoms with Crippen LogP contribution >= 0.6 is 0 Å². The van der Waals surface area contributed by atoms with Crippen LogP contribution in [0.1, 0.15) is 31.0 Å². The largest absolute Gasteiger partial charge is 0.481 e. The Bertz CT molecular complexity index is 565. The number of carbonyl (C=O) groups is 1. The normalized spacial score (nSPS) is 24.2. The summed E-state index contributed by atoms with van der Waals surface area (Å²) in [5.41, 5.74) is 0.665. The maximum Gasteiger partial charge on any atom is 0.307 e. The fourth-order valence-corrected chi connectivity index (χ4v) is 2.56. The van der Waals surface area contributed by atoms with E-state index < -0.39 is 5.97 Å². The van der Waals surface area contributed by atoms with E-state index in [1.165, 1.54) is 0 Å². The first-order valence-corrected chi connectivity index (χ1v) is 5.66. The number of rotatable bonds is 2. The maximum atomic E-state index is 11.2. The molecule has 2 unspecified atom stereocenters. The second-order valence-corrected chi connectivity index (χ2v) is 4.33. The van der Waals surface area contributed by atoms with Gasteiger partial charge in [0.2, 0.25) is 0 Å². The molecule has 0 spiro atoms. The fraction of sp³-hybridized carbons (Fsp3) is 0.455. The first-order chi connectivity index (χ1) is 8.27. The predicted molar refractivity (Wildman–Crippen MR) is 58.5 cm³/mol. The van der Waals surface area contributed by atoms with Crippen molar-refractivity contribution < 1.29 is 9.90 Å². The predicted octanol–water partition coefficient (Wildman–Crippen LogP) is 1.09. The average Bonchev–Trinajstić information content (AvgIpc) is 2.94. The minimum absolute atomic E-state index is 0.0719. The van der Waals surface area contributed by atoms with Crippen molar-refractivity contribution in [3.05, 3.63) is 24.2 Å². The SMILES string of the molecule is O=C(O)C1CCCC1c1nnc2cccnn12. The quantitative estimate of drug-likeness (QED) is 0.838. The van der Waals surface area contributed by atoms with Crippen LogP contribution in [-0.4, -0.2) is 30.9 Å². The molecule has 0 saturated heterocycles. The lowest BCUT2D eigenvalue weighted by atomic mass is 9.95. The fourth-order valence-electron chi connectivity index (χ4n) is 2.56. The summed E-state index contributed by atoms with van der Waals surface area (Å²) in [6.07, 6.45) is 4.13. The lowest BCUT2D eigenvalue weighted by Gasteiger charge is -2.12. The minimum Gasteiger partial charge on any atom is -0.481 e. The number of fused-ring (bicyclic) bond motifs is 1. The lowest BCUT2D eigenvalue weighted by Crippen LogP contribution is -2.19. The van der Waals surface area contributed by atoms with Crippen molar-refractivity contribution >= 4 is 11.6 Å². The van der Waals surface area contributed by atoms with E-state index in [0.29, 0.717) is 17.9 Å². The zero-order valence-corrected chi connectivity index (χ0v) is 9.15. The molecule has 2 aromatic rings. The third kappa shape index (κ3) is 1.56. The van der Waals surface area contributed by atoms with Crippen LogP contribution in [0.5, 0.6) is 0 Å². The van der Waals surface area contributed by atoms with Gasteiger partial charge in [-0.1, -0.05) is 6.42 Å². The van der Waals surface area contributed by atoms with Gasteiger partial charge in [-0.15, -0.1) is 10.2 Å². The van der Waals surface area contributed by atoms with Crippen LogP contribution in [0.3, 0.4) is 0 Å². The molecular weight excluding hydrogens is 220 g/mol. The smallest absolute Gasteiger partial charge is 0.307 e. The minimum atomic E-state index is -0.750. The molecule has 1 aliphatic carbocycles. The van der Waals surface area contributed by atoms with Gasteiger partial charge in [0.15, 0.2) is 11.5 Å². The third-order valence-corrected chi connectivity index (χ3v) is 3.37. The molecule has 0 radical (unpaired) electrons. The Morgan fingerprint density at radius 3 is 3.12 bits per heavy atom. The zero-order valence-electron chi connectivity index (χ0n) is 9.15. The van der Waals surface area contributed by atoms with Crippen molar-refractivity contribution in [2.75, 3.05) is 0 Å². The molecule has 2 heterocycles. The van der Waals surface area contributed by atoms with Gasteiger partial charge in [-0.3, -0.25) is 4.79 Å². The topological polar surface area (TPSA) is 80.4 Å². The number of nitrogens with zero attached hydrogens (tertiary/aromatic N) is 4. The van der Waals surface area contributed by atoms with Crippen LogP contribution in [0.2, 0.25) is 0 Å². The van der Waals surface area contributed by atoms with Crippen LogP contribution < -0.4 is 0 Å². The molecule has 6 nitrogen and oxygen atoms in total. The second kappa shape index (κ2) is 3.80. The van der Waals surface area contributed by atoms with Gasteiger partial charge in [0.05, 0.1) is 5.92 Å². The monoisotopic (exact) mass is 232 g/mol. The van der Waals surface area contributed by atoms with Gasteiger partial charge >= 0.3 is 5.97 Å². The highest BCUT2D eigenvalue weighted by molar-refractivity contribution is 5.71. The molecule has 1 fully saturated rings. The number of aliphatic carboxylic acids is 1. The van der Waals surface area contributed by atoms with E-state index in [4.69, 9.17) is 0 Å². The molecule has 0 amide bonds. The van der Waals surface area contributed by atoms with Gasteiger partial charge in [-0.25, -0.2) is 0 Å². The molecule has 1 saturated carbocycles. The van der Waals surface area contributed by atoms with E-state index in [0.717, 1.165) is 12.8 Å². The molecule has 2 aromatic heterocycles. The number of carboxylic acid groups (broad SMARTS) is 1. The molecular formula is C11H12N4O2. The van der Waals surface area contributed by atoms with Crippen LogP contribution in [0.25, 0.3) is 5.65 Å². The third-order valence-electron chi connectivity index (χ3n) is 3.37. The second-order valence-electron chi connectivity index (χ2n) is 4.33. The summed E-state index contributed by atoms with van der Waals surface area (Å²) < 4.78 is 1.64. The van der Waals surface area contributed by atoms with Crippen molar-refractivity contribution in [2.24, 2.45) is 5.92 Å². The molecule has 88 valence electrons. The van der Waals surface area contributed by atoms with Crippen molar-refractivity contribution in [1.82, 2.24) is 19.8 Å². The van der Waals surface area contributed by atoms with Gasteiger partial charge in [-0.2, -0.15) is 9.61 Å². The van der Waals surface area contributed by atoms with Crippen molar-refractivity contribution in [3.63, 3.8) is 0 Å². The van der Waals surface area contributed by atoms with E-state index in [1.807, 2.05) is 6.07 Å². The van der Waals surface area contributed by atoms with E-state index in [-0.39, 0.29) is 11.8 Å². The van der Waals surface area contributed by atoms with Crippen molar-refractivity contribution in [1.29, 1.82) is 0 Å². The molecule has 1 aliphatic rings. The van der Waals surface area contributed by atoms with Crippen molar-refractivity contribution in [3.8, 4) is 0 Å². The summed E-state index contributed by atoms with van der Waals surface area (Å²) in [6.45, 7) is 0. The van der Waals surface area contributed by atoms with Crippen LogP contribution in [0.4, 0.5) is 0 Å². The summed E-state index contributed by atoms with van der Waals surface area (Å²) >= 11 is 0. The van der Waals surface area contributed by atoms with Gasteiger partial charge in [0.25, 0.3) is 0 Å². The Kier molecular flexibility index (Phi) is 2.28. The average molecular weight is 232 g/mol. The van der Waals surface area contributed by atoms with Gasteiger partial charge in [0.1, 0.15) is 0 Å². The Labute approximate surface area is 97.3 Å². The maximum absolute atomic E-state index is 11.2. The number of hydrogen-bond acceptors (Lipinski definition) is 4. The Hall–Kier alpha value is -1.98. The van der Waals surface area contributed by atoms with Crippen LogP contribution in [0.15, 0.2) is 18.3 Å². The first kappa shape index (κ1) is 10.2. The highest BCUT2D eigenvalue weighted by atomic mass is 16.4. The molecule has 6 heteroatoms. The van der Waals surface area contributed by atoms with E-state index in [9.17, 15) is 9.90 Å². The Balaban J connectivity index is 2.06. The highest BCUT2D eigenvalue weighted by Crippen LogP contribution is 2.38. The molecule has 0 bridgehead atoms. The zero-order chi connectivity index (χ0) is 11.8. The van der Waals surface area contributed by atoms with Crippen LogP contribution in [0, 0.1) is 5.92 Å². The molecule has 0 aromatic carbocycles. The summed E-state index contributed by atoms with van der Waals surface area (Å²) in [7, 11) is 0. The number of carboxylic acids is 1. The molecule has 3 rings (SSSR count). The van der Waals surface area contributed by atoms with Gasteiger partial charge < -0.3 is 5.11 Å². The van der Waals surface area contributed by atoms with E-state index in [1.54, 1.807) is 16.8 Å².